The molecule has 1 aliphatic carbocycles. The lowest BCUT2D eigenvalue weighted by Gasteiger charge is -2.15. The van der Waals surface area contributed by atoms with Gasteiger partial charge in [0.25, 0.3) is 0 Å². The molecule has 0 amide bonds. The van der Waals surface area contributed by atoms with Gasteiger partial charge in [0.15, 0.2) is 17.6 Å². The largest absolute Gasteiger partial charge is 0.469 e. The van der Waals surface area contributed by atoms with Crippen molar-refractivity contribution >= 4 is 28.5 Å². The molecule has 0 saturated heterocycles. The minimum Gasteiger partial charge on any atom is -0.469 e. The molecular weight excluding hydrogens is 410 g/mol. The number of esters is 1. The van der Waals surface area contributed by atoms with Crippen LogP contribution in [0.2, 0.25) is 5.15 Å². The summed E-state index contributed by atoms with van der Waals surface area (Å²) in [6.45, 7) is -1.64. The third-order valence-electron chi connectivity index (χ3n) is 4.17. The van der Waals surface area contributed by atoms with Crippen LogP contribution < -0.4 is 9.47 Å². The van der Waals surface area contributed by atoms with Crippen molar-refractivity contribution < 1.29 is 36.6 Å². The second kappa shape index (κ2) is 7.53. The van der Waals surface area contributed by atoms with Crippen LogP contribution in [-0.4, -0.2) is 47.4 Å². The van der Waals surface area contributed by atoms with Crippen molar-refractivity contribution in [1.82, 2.24) is 15.0 Å². The van der Waals surface area contributed by atoms with Crippen LogP contribution in [0.3, 0.4) is 0 Å². The number of hydrogen-bond donors (Lipinski definition) is 0. The third kappa shape index (κ3) is 4.70. The molecule has 28 heavy (non-hydrogen) atoms. The molecule has 1 saturated carbocycles. The number of methoxy groups -OCH3 is 1. The van der Waals surface area contributed by atoms with E-state index in [0.717, 1.165) is 6.20 Å². The number of pyridine rings is 1. The molecule has 2 heterocycles. The fourth-order valence-electron chi connectivity index (χ4n) is 2.46. The monoisotopic (exact) mass is 423 g/mol. The highest BCUT2D eigenvalue weighted by Crippen LogP contribution is 2.49. The molecule has 1 fully saturated rings. The lowest BCUT2D eigenvalue weighted by molar-refractivity contribution is -0.153. The summed E-state index contributed by atoms with van der Waals surface area (Å²) in [5.41, 5.74) is -0.854. The Balaban J connectivity index is 1.87. The molecule has 2 aromatic heterocycles. The maximum Gasteiger partial charge on any atom is 0.422 e. The predicted octanol–water partition coefficient (Wildman–Crippen LogP) is 3.48. The van der Waals surface area contributed by atoms with Crippen molar-refractivity contribution in [3.63, 3.8) is 0 Å². The van der Waals surface area contributed by atoms with Crippen LogP contribution in [0.1, 0.15) is 19.3 Å². The lowest BCUT2D eigenvalue weighted by Crippen LogP contribution is -2.21. The number of fused-ring (bicyclic) bond motifs is 1. The molecule has 1 aliphatic rings. The van der Waals surface area contributed by atoms with Gasteiger partial charge in [-0.3, -0.25) is 4.79 Å². The smallest absolute Gasteiger partial charge is 0.422 e. The van der Waals surface area contributed by atoms with Gasteiger partial charge >= 0.3 is 18.2 Å². The molecule has 12 heteroatoms. The fraction of sp³-hybridized carbons (Fsp3) is 0.500. The van der Waals surface area contributed by atoms with E-state index in [1.807, 2.05) is 0 Å². The van der Waals surface area contributed by atoms with Crippen molar-refractivity contribution in [2.45, 2.75) is 25.4 Å². The van der Waals surface area contributed by atoms with Crippen molar-refractivity contribution in [1.29, 1.82) is 0 Å². The van der Waals surface area contributed by atoms with E-state index in [1.165, 1.54) is 7.11 Å². The number of nitrogens with zero attached hydrogens (tertiary/aromatic N) is 3. The van der Waals surface area contributed by atoms with Gasteiger partial charge in [0.05, 0.1) is 25.5 Å². The van der Waals surface area contributed by atoms with Gasteiger partial charge in [-0.15, -0.1) is 0 Å². The highest BCUT2D eigenvalue weighted by atomic mass is 35.5. The lowest BCUT2D eigenvalue weighted by atomic mass is 10.0. The molecule has 0 aliphatic heterocycles. The van der Waals surface area contributed by atoms with Gasteiger partial charge in [0.1, 0.15) is 5.52 Å². The molecule has 0 atom stereocenters. The highest BCUT2D eigenvalue weighted by Gasteiger charge is 2.46. The van der Waals surface area contributed by atoms with Crippen molar-refractivity contribution in [3.05, 3.63) is 17.2 Å². The molecule has 0 bridgehead atoms. The normalized spacial score (nSPS) is 15.4. The van der Waals surface area contributed by atoms with Crippen LogP contribution in [-0.2, 0) is 9.53 Å². The number of ether oxygens (including phenoxy) is 3. The summed E-state index contributed by atoms with van der Waals surface area (Å²) in [6.07, 6.45) is -2.13. The Labute approximate surface area is 161 Å². The van der Waals surface area contributed by atoms with Crippen molar-refractivity contribution in [2.24, 2.45) is 5.41 Å². The molecule has 0 N–H and O–H groups in total. The van der Waals surface area contributed by atoms with Crippen LogP contribution in [0, 0.1) is 11.2 Å². The van der Waals surface area contributed by atoms with Crippen molar-refractivity contribution in [3.8, 4) is 11.9 Å². The van der Waals surface area contributed by atoms with E-state index < -0.39 is 47.0 Å². The quantitative estimate of drug-likeness (QED) is 0.383. The predicted molar refractivity (Wildman–Crippen MR) is 87.6 cm³/mol. The Hall–Kier alpha value is -2.43. The van der Waals surface area contributed by atoms with Gasteiger partial charge in [-0.2, -0.15) is 23.1 Å². The average Bonchev–Trinajstić information content (AvgIpc) is 3.40. The first-order valence-electron chi connectivity index (χ1n) is 8.03. The zero-order valence-electron chi connectivity index (χ0n) is 14.5. The molecule has 0 aromatic carbocycles. The SMILES string of the molecule is COC(=O)CC1(COc2nc(OCC(F)(F)F)c3cnc(Cl)c(F)c3n2)CC1. The molecule has 0 unspecified atom stereocenters. The first-order chi connectivity index (χ1) is 13.1. The summed E-state index contributed by atoms with van der Waals surface area (Å²) in [5, 5.41) is -0.697. The highest BCUT2D eigenvalue weighted by molar-refractivity contribution is 6.30. The Morgan fingerprint density at radius 3 is 2.61 bits per heavy atom. The van der Waals surface area contributed by atoms with Gasteiger partial charge in [0.2, 0.25) is 5.88 Å². The van der Waals surface area contributed by atoms with E-state index in [2.05, 4.69) is 24.4 Å². The van der Waals surface area contributed by atoms with E-state index in [-0.39, 0.29) is 23.9 Å². The number of carbonyl (C=O) groups excluding carboxylic acids is 1. The molecule has 0 radical (unpaired) electrons. The van der Waals surface area contributed by atoms with E-state index >= 15 is 0 Å². The first kappa shape index (κ1) is 20.3. The molecule has 152 valence electrons. The number of alkyl halides is 3. The summed E-state index contributed by atoms with van der Waals surface area (Å²) in [6, 6.07) is -0.401. The molecule has 0 spiro atoms. The molecular formula is C16H14ClF4N3O4. The van der Waals surface area contributed by atoms with E-state index in [4.69, 9.17) is 16.3 Å². The number of hydrogen-bond acceptors (Lipinski definition) is 7. The topological polar surface area (TPSA) is 83.4 Å². The fourth-order valence-corrected chi connectivity index (χ4v) is 2.60. The van der Waals surface area contributed by atoms with Crippen LogP contribution in [0.25, 0.3) is 10.9 Å². The summed E-state index contributed by atoms with van der Waals surface area (Å²) in [5.74, 6) is -2.00. The summed E-state index contributed by atoms with van der Waals surface area (Å²) in [4.78, 5) is 22.6. The zero-order chi connectivity index (χ0) is 20.5. The standard InChI is InChI=1S/C16H14ClF4N3O4/c1-26-9(25)4-15(2-3-15)6-28-14-23-11-8(5-22-12(17)10(11)18)13(24-14)27-7-16(19,20)21/h5H,2-4,6-7H2,1H3. The minimum absolute atomic E-state index is 0.00670. The summed E-state index contributed by atoms with van der Waals surface area (Å²) < 4.78 is 66.5. The number of carbonyl (C=O) groups is 1. The molecule has 3 rings (SSSR count). The van der Waals surface area contributed by atoms with Gasteiger partial charge in [0, 0.05) is 11.6 Å². The van der Waals surface area contributed by atoms with Gasteiger partial charge in [-0.05, 0) is 12.8 Å². The number of rotatable bonds is 7. The Morgan fingerprint density at radius 2 is 2.00 bits per heavy atom. The van der Waals surface area contributed by atoms with Gasteiger partial charge in [-0.1, -0.05) is 11.6 Å². The van der Waals surface area contributed by atoms with Crippen LogP contribution >= 0.6 is 11.6 Å². The molecule has 2 aromatic rings. The zero-order valence-corrected chi connectivity index (χ0v) is 15.2. The maximum absolute atomic E-state index is 14.3. The second-order valence-corrected chi connectivity index (χ2v) is 6.74. The van der Waals surface area contributed by atoms with Crippen LogP contribution in [0.15, 0.2) is 6.20 Å². The Kier molecular flexibility index (Phi) is 5.46. The van der Waals surface area contributed by atoms with Crippen LogP contribution in [0.4, 0.5) is 17.6 Å². The van der Waals surface area contributed by atoms with Crippen molar-refractivity contribution in [2.75, 3.05) is 20.3 Å². The molecule has 7 nitrogen and oxygen atoms in total. The van der Waals surface area contributed by atoms with E-state index in [0.29, 0.717) is 12.8 Å². The number of halogens is 5. The Bertz CT molecular complexity index is 906. The van der Waals surface area contributed by atoms with Gasteiger partial charge in [-0.25, -0.2) is 9.37 Å². The van der Waals surface area contributed by atoms with E-state index in [9.17, 15) is 22.4 Å². The van der Waals surface area contributed by atoms with E-state index in [1.54, 1.807) is 0 Å². The number of aromatic nitrogens is 3. The van der Waals surface area contributed by atoms with Crippen LogP contribution in [0.5, 0.6) is 11.9 Å². The maximum atomic E-state index is 14.3. The Morgan fingerprint density at radius 1 is 1.29 bits per heavy atom. The average molecular weight is 424 g/mol. The summed E-state index contributed by atoms with van der Waals surface area (Å²) >= 11 is 5.62. The first-order valence-corrected chi connectivity index (χ1v) is 8.41. The third-order valence-corrected chi connectivity index (χ3v) is 4.43. The second-order valence-electron chi connectivity index (χ2n) is 6.38. The van der Waals surface area contributed by atoms with Gasteiger partial charge < -0.3 is 14.2 Å². The minimum atomic E-state index is -4.63. The summed E-state index contributed by atoms with van der Waals surface area (Å²) in [7, 11) is 1.26.